The summed E-state index contributed by atoms with van der Waals surface area (Å²) in [6, 6.07) is 36.9. The van der Waals surface area contributed by atoms with Gasteiger partial charge >= 0.3 is 0 Å². The van der Waals surface area contributed by atoms with Gasteiger partial charge in [-0.1, -0.05) is 174 Å². The van der Waals surface area contributed by atoms with Gasteiger partial charge in [0.15, 0.2) is 0 Å². The van der Waals surface area contributed by atoms with Crippen molar-refractivity contribution >= 4 is 0 Å². The minimum Gasteiger partial charge on any atom is -0.0842 e. The molecule has 0 saturated heterocycles. The highest BCUT2D eigenvalue weighted by Crippen LogP contribution is 2.66. The molecule has 4 aromatic rings. The molecule has 0 aromatic heterocycles. The molecule has 0 N–H and O–H groups in total. The third-order valence-corrected chi connectivity index (χ3v) is 9.65. The first kappa shape index (κ1) is 28.9. The number of fused-ring (bicyclic) bond motifs is 5. The molecule has 3 unspecified atom stereocenters. The fourth-order valence-corrected chi connectivity index (χ4v) is 8.14. The second kappa shape index (κ2) is 11.8. The quantitative estimate of drug-likeness (QED) is 0.206. The standard InChI is InChI=1S/C39H32.2C2H6/c1-27-23-25-30(26-24-27)38(28-13-4-2-5-14-28)34-20-10-11-21-35(34)39(29-15-6-3-7-16-29)33-19-9-8-17-31(33)32-18-12-22-36(38)37(32)39;2*1-2/h2-4,6-13,15-23,25-27H,5,14,24H2,1H3;2*1-2H3. The summed E-state index contributed by atoms with van der Waals surface area (Å²) in [7, 11) is 0. The zero-order chi connectivity index (χ0) is 30.0. The maximum absolute atomic E-state index is 2.54. The fourth-order valence-electron chi connectivity index (χ4n) is 8.14. The van der Waals surface area contributed by atoms with Crippen LogP contribution in [-0.2, 0) is 10.8 Å². The van der Waals surface area contributed by atoms with Crippen molar-refractivity contribution < 1.29 is 0 Å². The third kappa shape index (κ3) is 4.03. The Kier molecular flexibility index (Phi) is 7.97. The van der Waals surface area contributed by atoms with Crippen LogP contribution in [0.4, 0.5) is 0 Å². The van der Waals surface area contributed by atoms with Crippen LogP contribution in [0.15, 0.2) is 145 Å². The first-order valence-corrected chi connectivity index (χ1v) is 16.4. The second-order valence-electron chi connectivity index (χ2n) is 11.6. The molecule has 3 atom stereocenters. The third-order valence-electron chi connectivity index (χ3n) is 9.65. The highest BCUT2D eigenvalue weighted by Gasteiger charge is 2.58. The van der Waals surface area contributed by atoms with Gasteiger partial charge in [0, 0.05) is 0 Å². The normalized spacial score (nSPS) is 23.7. The van der Waals surface area contributed by atoms with E-state index in [1.54, 1.807) is 0 Å². The Morgan fingerprint density at radius 2 is 1.26 bits per heavy atom. The summed E-state index contributed by atoms with van der Waals surface area (Å²) in [6.45, 7) is 10.3. The Morgan fingerprint density at radius 3 is 1.93 bits per heavy atom. The van der Waals surface area contributed by atoms with Gasteiger partial charge in [-0.2, -0.15) is 0 Å². The summed E-state index contributed by atoms with van der Waals surface area (Å²) in [5, 5.41) is 0. The van der Waals surface area contributed by atoms with E-state index in [4.69, 9.17) is 0 Å². The molecule has 4 aliphatic carbocycles. The van der Waals surface area contributed by atoms with Crippen LogP contribution in [0.3, 0.4) is 0 Å². The largest absolute Gasteiger partial charge is 0.0842 e. The molecule has 4 aromatic carbocycles. The van der Waals surface area contributed by atoms with Gasteiger partial charge in [-0.3, -0.25) is 0 Å². The average molecular weight is 561 g/mol. The van der Waals surface area contributed by atoms with Gasteiger partial charge in [-0.05, 0) is 75.3 Å². The predicted molar refractivity (Wildman–Crippen MR) is 185 cm³/mol. The van der Waals surface area contributed by atoms with Crippen LogP contribution < -0.4 is 0 Å². The molecule has 0 amide bonds. The van der Waals surface area contributed by atoms with Crippen LogP contribution in [0.25, 0.3) is 11.1 Å². The van der Waals surface area contributed by atoms with Gasteiger partial charge < -0.3 is 0 Å². The number of hydrogen-bond acceptors (Lipinski definition) is 0. The maximum Gasteiger partial charge on any atom is 0.0720 e. The van der Waals surface area contributed by atoms with Gasteiger partial charge in [0.1, 0.15) is 0 Å². The van der Waals surface area contributed by atoms with Crippen molar-refractivity contribution in [1.29, 1.82) is 0 Å². The van der Waals surface area contributed by atoms with E-state index in [9.17, 15) is 0 Å². The van der Waals surface area contributed by atoms with Crippen LogP contribution in [-0.4, -0.2) is 0 Å². The number of benzene rings is 4. The second-order valence-corrected chi connectivity index (χ2v) is 11.6. The summed E-state index contributed by atoms with van der Waals surface area (Å²) in [4.78, 5) is 0. The van der Waals surface area contributed by atoms with Gasteiger partial charge in [0.2, 0.25) is 0 Å². The first-order chi connectivity index (χ1) is 21.3. The van der Waals surface area contributed by atoms with Crippen LogP contribution in [0.1, 0.15) is 87.3 Å². The molecule has 216 valence electrons. The lowest BCUT2D eigenvalue weighted by Gasteiger charge is -2.51. The Balaban J connectivity index is 0.000000792. The fraction of sp³-hybridized carbons (Fsp3) is 0.256. The van der Waals surface area contributed by atoms with E-state index in [2.05, 4.69) is 140 Å². The first-order valence-electron chi connectivity index (χ1n) is 16.4. The van der Waals surface area contributed by atoms with E-state index in [0.717, 1.165) is 19.3 Å². The van der Waals surface area contributed by atoms with E-state index < -0.39 is 0 Å². The van der Waals surface area contributed by atoms with Gasteiger partial charge in [0.25, 0.3) is 0 Å². The molecule has 8 rings (SSSR count). The van der Waals surface area contributed by atoms with Crippen molar-refractivity contribution in [2.24, 2.45) is 5.92 Å². The molecule has 0 fully saturated rings. The summed E-state index contributed by atoms with van der Waals surface area (Å²) in [6.07, 6.45) is 17.7. The Bertz CT molecular complexity index is 1740. The van der Waals surface area contributed by atoms with Crippen molar-refractivity contribution in [1.82, 2.24) is 0 Å². The van der Waals surface area contributed by atoms with Crippen molar-refractivity contribution in [2.45, 2.75) is 64.7 Å². The van der Waals surface area contributed by atoms with Gasteiger partial charge in [0.05, 0.1) is 10.8 Å². The predicted octanol–water partition coefficient (Wildman–Crippen LogP) is 11.5. The SMILES string of the molecule is CC.CC.CC1C=CC(C2(C3=CC=CCC3)c3ccccc3C3(c4ccccc4)c4ccccc4-c4cccc2c43)=CC1. The Morgan fingerprint density at radius 1 is 0.628 bits per heavy atom. The molecule has 0 heteroatoms. The minimum absolute atomic E-state index is 0.316. The van der Waals surface area contributed by atoms with Crippen LogP contribution in [0.5, 0.6) is 0 Å². The van der Waals surface area contributed by atoms with Crippen molar-refractivity contribution in [2.75, 3.05) is 0 Å². The molecule has 0 radical (unpaired) electrons. The molecule has 0 spiro atoms. The van der Waals surface area contributed by atoms with Crippen molar-refractivity contribution in [3.63, 3.8) is 0 Å². The highest BCUT2D eigenvalue weighted by atomic mass is 14.6. The lowest BCUT2D eigenvalue weighted by molar-refractivity contribution is 0.587. The van der Waals surface area contributed by atoms with Crippen molar-refractivity contribution in [3.8, 4) is 11.1 Å². The summed E-state index contributed by atoms with van der Waals surface area (Å²) in [5.41, 5.74) is 13.6. The highest BCUT2D eigenvalue weighted by molar-refractivity contribution is 5.91. The molecule has 4 aliphatic rings. The van der Waals surface area contributed by atoms with Crippen LogP contribution in [0.2, 0.25) is 0 Å². The van der Waals surface area contributed by atoms with Gasteiger partial charge in [-0.15, -0.1) is 0 Å². The molecule has 0 aliphatic heterocycles. The zero-order valence-electron chi connectivity index (χ0n) is 26.4. The Labute approximate surface area is 259 Å². The van der Waals surface area contributed by atoms with E-state index in [0.29, 0.717) is 5.92 Å². The smallest absolute Gasteiger partial charge is 0.0720 e. The van der Waals surface area contributed by atoms with Crippen LogP contribution >= 0.6 is 0 Å². The van der Waals surface area contributed by atoms with E-state index in [1.807, 2.05) is 27.7 Å². The topological polar surface area (TPSA) is 0 Å². The minimum atomic E-state index is -0.346. The summed E-state index contributed by atoms with van der Waals surface area (Å²) >= 11 is 0. The summed E-state index contributed by atoms with van der Waals surface area (Å²) in [5.74, 6) is 0.569. The lowest BCUT2D eigenvalue weighted by Crippen LogP contribution is -2.45. The van der Waals surface area contributed by atoms with Crippen LogP contribution in [0, 0.1) is 5.92 Å². The van der Waals surface area contributed by atoms with Gasteiger partial charge in [-0.25, -0.2) is 0 Å². The summed E-state index contributed by atoms with van der Waals surface area (Å²) < 4.78 is 0. The molecular formula is C43H44. The van der Waals surface area contributed by atoms with Crippen molar-refractivity contribution in [3.05, 3.63) is 178 Å². The lowest BCUT2D eigenvalue weighted by atomic mass is 9.50. The zero-order valence-corrected chi connectivity index (χ0v) is 26.4. The maximum atomic E-state index is 2.54. The number of hydrogen-bond donors (Lipinski definition) is 0. The van der Waals surface area contributed by atoms with E-state index in [1.165, 1.54) is 55.7 Å². The van der Waals surface area contributed by atoms with E-state index in [-0.39, 0.29) is 10.8 Å². The number of rotatable bonds is 3. The Hall–Kier alpha value is -4.16. The molecule has 0 bridgehead atoms. The average Bonchev–Trinajstić information content (AvgIpc) is 3.41. The molecular weight excluding hydrogens is 516 g/mol. The molecule has 0 saturated carbocycles. The molecule has 0 heterocycles. The molecule has 0 nitrogen and oxygen atoms in total. The van der Waals surface area contributed by atoms with E-state index >= 15 is 0 Å². The monoisotopic (exact) mass is 560 g/mol. The number of allylic oxidation sites excluding steroid dienone is 8. The molecule has 43 heavy (non-hydrogen) atoms.